The molecule has 0 atom stereocenters. The van der Waals surface area contributed by atoms with E-state index in [0.717, 1.165) is 5.56 Å². The number of azide groups is 1. The van der Waals surface area contributed by atoms with E-state index in [0.29, 0.717) is 0 Å². The summed E-state index contributed by atoms with van der Waals surface area (Å²) in [4.78, 5) is 16.8. The summed E-state index contributed by atoms with van der Waals surface area (Å²) in [6.07, 6.45) is 1.40. The Bertz CT molecular complexity index is 370. The summed E-state index contributed by atoms with van der Waals surface area (Å²) < 4.78 is 0. The van der Waals surface area contributed by atoms with Gasteiger partial charge in [-0.3, -0.25) is 4.79 Å². The second-order valence-corrected chi connectivity index (χ2v) is 2.09. The third kappa shape index (κ3) is 2.40. The van der Waals surface area contributed by atoms with Gasteiger partial charge in [0.05, 0.1) is 6.54 Å². The van der Waals surface area contributed by atoms with Gasteiger partial charge in [0.25, 0.3) is 5.56 Å². The highest BCUT2D eigenvalue weighted by Crippen LogP contribution is 1.94. The van der Waals surface area contributed by atoms with Crippen molar-refractivity contribution in [3.63, 3.8) is 0 Å². The minimum atomic E-state index is -0.304. The molecule has 0 spiro atoms. The molecule has 0 N–H and O–H groups in total. The molecule has 0 radical (unpaired) electrons. The van der Waals surface area contributed by atoms with Crippen molar-refractivity contribution >= 4 is 0 Å². The monoisotopic (exact) mass is 162 g/mol. The fraction of sp³-hybridized carbons (Fsp3) is 0.143. The molecular formula is C7H6N4O. The first kappa shape index (κ1) is 8.23. The number of nitrogens with zero attached hydrogens (tertiary/aromatic N) is 4. The lowest BCUT2D eigenvalue weighted by atomic mass is 10.3. The average molecular weight is 162 g/mol. The Balaban J connectivity index is 2.97. The van der Waals surface area contributed by atoms with Crippen molar-refractivity contribution in [1.29, 1.82) is 0 Å². The van der Waals surface area contributed by atoms with Gasteiger partial charge in [0.2, 0.25) is 0 Å². The van der Waals surface area contributed by atoms with Gasteiger partial charge in [-0.05, 0) is 11.1 Å². The molecule has 0 saturated heterocycles. The topological polar surface area (TPSA) is 78.7 Å². The third-order valence-corrected chi connectivity index (χ3v) is 1.22. The van der Waals surface area contributed by atoms with Crippen molar-refractivity contribution in [1.82, 2.24) is 4.98 Å². The molecule has 0 saturated carbocycles. The molecule has 1 rings (SSSR count). The van der Waals surface area contributed by atoms with E-state index in [4.69, 9.17) is 5.53 Å². The fourth-order valence-electron chi connectivity index (χ4n) is 0.693. The van der Waals surface area contributed by atoms with E-state index in [1.807, 2.05) is 0 Å². The first-order valence-corrected chi connectivity index (χ1v) is 3.29. The second kappa shape index (κ2) is 4.10. The molecule has 5 heteroatoms. The zero-order valence-corrected chi connectivity index (χ0v) is 6.21. The molecule has 1 aromatic rings. The summed E-state index contributed by atoms with van der Waals surface area (Å²) in [5.41, 5.74) is 8.43. The quantitative estimate of drug-likeness (QED) is 0.372. The zero-order valence-electron chi connectivity index (χ0n) is 6.21. The van der Waals surface area contributed by atoms with Gasteiger partial charge < -0.3 is 0 Å². The van der Waals surface area contributed by atoms with Crippen LogP contribution < -0.4 is 5.56 Å². The molecular weight excluding hydrogens is 156 g/mol. The van der Waals surface area contributed by atoms with Crippen molar-refractivity contribution in [2.75, 3.05) is 0 Å². The van der Waals surface area contributed by atoms with Crippen LogP contribution in [0.2, 0.25) is 0 Å². The molecule has 0 fully saturated rings. The van der Waals surface area contributed by atoms with Crippen LogP contribution in [0.4, 0.5) is 0 Å². The van der Waals surface area contributed by atoms with Gasteiger partial charge in [0.1, 0.15) is 0 Å². The summed E-state index contributed by atoms with van der Waals surface area (Å²) in [5.74, 6) is 0. The van der Waals surface area contributed by atoms with Gasteiger partial charge in [-0.15, -0.1) is 0 Å². The summed E-state index contributed by atoms with van der Waals surface area (Å²) >= 11 is 0. The van der Waals surface area contributed by atoms with Crippen molar-refractivity contribution in [3.05, 3.63) is 50.8 Å². The van der Waals surface area contributed by atoms with Crippen LogP contribution in [0.25, 0.3) is 10.4 Å². The van der Waals surface area contributed by atoms with E-state index in [2.05, 4.69) is 15.0 Å². The van der Waals surface area contributed by atoms with Crippen LogP contribution in [0.5, 0.6) is 0 Å². The van der Waals surface area contributed by atoms with Crippen LogP contribution in [-0.4, -0.2) is 4.98 Å². The molecule has 5 nitrogen and oxygen atoms in total. The first-order chi connectivity index (χ1) is 5.83. The maximum atomic E-state index is 10.7. The highest BCUT2D eigenvalue weighted by Gasteiger charge is 1.87. The Labute approximate surface area is 68.3 Å². The second-order valence-electron chi connectivity index (χ2n) is 2.09. The van der Waals surface area contributed by atoms with E-state index in [-0.39, 0.29) is 12.1 Å². The maximum Gasteiger partial charge on any atom is 0.269 e. The molecule has 0 amide bonds. The standard InChI is InChI=1S/C7H6N4O/c8-11-10-5-6-2-1-3-7(12)9-4-6/h1-4H,5H2. The van der Waals surface area contributed by atoms with Crippen LogP contribution in [0, 0.1) is 0 Å². The van der Waals surface area contributed by atoms with Crippen LogP contribution >= 0.6 is 0 Å². The molecule has 12 heavy (non-hydrogen) atoms. The molecule has 0 aliphatic carbocycles. The predicted octanol–water partition coefficient (Wildman–Crippen LogP) is 1.25. The highest BCUT2D eigenvalue weighted by atomic mass is 16.1. The van der Waals surface area contributed by atoms with Gasteiger partial charge in [0, 0.05) is 17.2 Å². The Morgan fingerprint density at radius 1 is 1.58 bits per heavy atom. The Morgan fingerprint density at radius 3 is 3.17 bits per heavy atom. The fourth-order valence-corrected chi connectivity index (χ4v) is 0.693. The van der Waals surface area contributed by atoms with Crippen LogP contribution in [-0.2, 0) is 6.54 Å². The van der Waals surface area contributed by atoms with Crippen molar-refractivity contribution in [2.45, 2.75) is 6.54 Å². The van der Waals surface area contributed by atoms with E-state index < -0.39 is 0 Å². The number of rotatable bonds is 2. The molecule has 1 aromatic heterocycles. The molecule has 1 heterocycles. The van der Waals surface area contributed by atoms with E-state index in [1.165, 1.54) is 12.3 Å². The van der Waals surface area contributed by atoms with Gasteiger partial charge in [0.15, 0.2) is 0 Å². The van der Waals surface area contributed by atoms with Crippen molar-refractivity contribution < 1.29 is 0 Å². The van der Waals surface area contributed by atoms with Gasteiger partial charge in [-0.25, -0.2) is 4.98 Å². The Kier molecular flexibility index (Phi) is 2.81. The lowest BCUT2D eigenvalue weighted by Gasteiger charge is -1.84. The Hall–Kier alpha value is -1.87. The van der Waals surface area contributed by atoms with Gasteiger partial charge >= 0.3 is 0 Å². The van der Waals surface area contributed by atoms with Crippen LogP contribution in [0.1, 0.15) is 5.56 Å². The lowest BCUT2D eigenvalue weighted by molar-refractivity contribution is 1.03. The number of hydrogen-bond acceptors (Lipinski definition) is 3. The summed E-state index contributed by atoms with van der Waals surface area (Å²) in [7, 11) is 0. The molecule has 0 aliphatic rings. The predicted molar refractivity (Wildman–Crippen MR) is 43.4 cm³/mol. The Morgan fingerprint density at radius 2 is 2.42 bits per heavy atom. The van der Waals surface area contributed by atoms with E-state index in [1.54, 1.807) is 12.1 Å². The summed E-state index contributed by atoms with van der Waals surface area (Å²) in [6, 6.07) is 4.61. The number of aromatic nitrogens is 1. The first-order valence-electron chi connectivity index (χ1n) is 3.29. The average Bonchev–Trinajstić information content (AvgIpc) is 2.27. The molecule has 0 aliphatic heterocycles. The summed E-state index contributed by atoms with van der Waals surface area (Å²) in [5, 5.41) is 3.34. The molecule has 0 aromatic carbocycles. The number of hydrogen-bond donors (Lipinski definition) is 0. The molecule has 0 unspecified atom stereocenters. The van der Waals surface area contributed by atoms with Crippen LogP contribution in [0.15, 0.2) is 34.3 Å². The minimum Gasteiger partial charge on any atom is -0.267 e. The highest BCUT2D eigenvalue weighted by molar-refractivity contribution is 5.07. The van der Waals surface area contributed by atoms with Gasteiger partial charge in [-0.2, -0.15) is 0 Å². The lowest BCUT2D eigenvalue weighted by Crippen LogP contribution is -1.96. The smallest absolute Gasteiger partial charge is 0.267 e. The van der Waals surface area contributed by atoms with E-state index in [9.17, 15) is 4.79 Å². The minimum absolute atomic E-state index is 0.220. The van der Waals surface area contributed by atoms with Gasteiger partial charge in [-0.1, -0.05) is 17.2 Å². The zero-order chi connectivity index (χ0) is 8.81. The third-order valence-electron chi connectivity index (χ3n) is 1.22. The van der Waals surface area contributed by atoms with Crippen molar-refractivity contribution in [3.8, 4) is 0 Å². The maximum absolute atomic E-state index is 10.7. The molecule has 0 bridgehead atoms. The van der Waals surface area contributed by atoms with Crippen molar-refractivity contribution in [2.24, 2.45) is 5.11 Å². The SMILES string of the molecule is [N-]=[N+]=NCc1cccc(=O)nc1. The van der Waals surface area contributed by atoms with Crippen LogP contribution in [0.3, 0.4) is 0 Å². The molecule has 60 valence electrons. The summed E-state index contributed by atoms with van der Waals surface area (Å²) in [6.45, 7) is 0.220. The largest absolute Gasteiger partial charge is 0.269 e. The normalized spacial score (nSPS) is 8.67. The van der Waals surface area contributed by atoms with E-state index >= 15 is 0 Å².